The van der Waals surface area contributed by atoms with Crippen LogP contribution < -0.4 is 5.32 Å². The van der Waals surface area contributed by atoms with Crippen LogP contribution >= 0.6 is 0 Å². The number of hydrogen-bond acceptors (Lipinski definition) is 2. The van der Waals surface area contributed by atoms with Gasteiger partial charge >= 0.3 is 6.03 Å². The quantitative estimate of drug-likeness (QED) is 0.787. The van der Waals surface area contributed by atoms with Crippen molar-refractivity contribution in [3.8, 4) is 0 Å². The molecule has 3 rings (SSSR count). The Morgan fingerprint density at radius 2 is 1.73 bits per heavy atom. The third kappa shape index (κ3) is 5.23. The van der Waals surface area contributed by atoms with Crippen molar-refractivity contribution in [2.45, 2.75) is 64.0 Å². The van der Waals surface area contributed by atoms with E-state index in [2.05, 4.69) is 60.4 Å². The molecule has 1 N–H and O–H groups in total. The fraction of sp³-hybridized carbons (Fsp3) is 0.682. The first kappa shape index (κ1) is 19.2. The summed E-state index contributed by atoms with van der Waals surface area (Å²) in [5.74, 6) is 0.740. The molecule has 1 unspecified atom stereocenters. The normalized spacial score (nSPS) is 19.4. The van der Waals surface area contributed by atoms with Gasteiger partial charge in [0.15, 0.2) is 0 Å². The molecule has 4 heteroatoms. The second-order valence-electron chi connectivity index (χ2n) is 8.46. The van der Waals surface area contributed by atoms with Crippen molar-refractivity contribution < 1.29 is 4.79 Å². The van der Waals surface area contributed by atoms with Crippen LogP contribution in [0.5, 0.6) is 0 Å². The van der Waals surface area contributed by atoms with Crippen LogP contribution in [-0.2, 0) is 0 Å². The maximum Gasteiger partial charge on any atom is 0.317 e. The molecule has 0 heterocycles. The highest BCUT2D eigenvalue weighted by molar-refractivity contribution is 5.74. The number of hydrogen-bond donors (Lipinski definition) is 1. The van der Waals surface area contributed by atoms with E-state index in [4.69, 9.17) is 0 Å². The van der Waals surface area contributed by atoms with E-state index in [1.165, 1.54) is 56.1 Å². The summed E-state index contributed by atoms with van der Waals surface area (Å²) < 4.78 is 0. The first-order chi connectivity index (χ1) is 12.5. The Kier molecular flexibility index (Phi) is 6.58. The van der Waals surface area contributed by atoms with Gasteiger partial charge in [-0.1, -0.05) is 49.1 Å². The lowest BCUT2D eigenvalue weighted by molar-refractivity contribution is 0.149. The maximum absolute atomic E-state index is 13.0. The minimum absolute atomic E-state index is 0.141. The summed E-state index contributed by atoms with van der Waals surface area (Å²) in [5, 5.41) is 3.25. The SMILES string of the molecule is Cc1ccc(C(CNC(=O)N(CC2CC2)C2CCCCC2)N(C)C)cc1. The van der Waals surface area contributed by atoms with Crippen LogP contribution in [0.3, 0.4) is 0 Å². The first-order valence-electron chi connectivity index (χ1n) is 10.3. The topological polar surface area (TPSA) is 35.6 Å². The summed E-state index contributed by atoms with van der Waals surface area (Å²) >= 11 is 0. The predicted molar refractivity (Wildman–Crippen MR) is 107 cm³/mol. The van der Waals surface area contributed by atoms with E-state index in [9.17, 15) is 4.79 Å². The molecular formula is C22H35N3O. The van der Waals surface area contributed by atoms with E-state index in [0.717, 1.165) is 12.5 Å². The average Bonchev–Trinajstić information content (AvgIpc) is 3.46. The predicted octanol–water partition coefficient (Wildman–Crippen LogP) is 4.35. The van der Waals surface area contributed by atoms with Gasteiger partial charge in [0.25, 0.3) is 0 Å². The number of carbonyl (C=O) groups excluding carboxylic acids is 1. The highest BCUT2D eigenvalue weighted by atomic mass is 16.2. The van der Waals surface area contributed by atoms with E-state index in [1.807, 2.05) is 0 Å². The van der Waals surface area contributed by atoms with Crippen LogP contribution in [0, 0.1) is 12.8 Å². The Morgan fingerprint density at radius 3 is 2.31 bits per heavy atom. The van der Waals surface area contributed by atoms with E-state index < -0.39 is 0 Å². The molecule has 1 aromatic carbocycles. The van der Waals surface area contributed by atoms with Gasteiger partial charge in [0.1, 0.15) is 0 Å². The molecule has 0 spiro atoms. The van der Waals surface area contributed by atoms with Gasteiger partial charge in [-0.2, -0.15) is 0 Å². The number of aryl methyl sites for hydroxylation is 1. The van der Waals surface area contributed by atoms with Crippen LogP contribution in [0.25, 0.3) is 0 Å². The third-order valence-corrected chi connectivity index (χ3v) is 5.96. The monoisotopic (exact) mass is 357 g/mol. The molecule has 2 aliphatic rings. The zero-order valence-electron chi connectivity index (χ0n) is 16.7. The van der Waals surface area contributed by atoms with Crippen LogP contribution in [-0.4, -0.2) is 49.1 Å². The molecule has 0 aromatic heterocycles. The lowest BCUT2D eigenvalue weighted by Gasteiger charge is -2.35. The lowest BCUT2D eigenvalue weighted by atomic mass is 9.94. The fourth-order valence-corrected chi connectivity index (χ4v) is 4.04. The molecule has 4 nitrogen and oxygen atoms in total. The van der Waals surface area contributed by atoms with Crippen LogP contribution in [0.1, 0.15) is 62.1 Å². The number of likely N-dealkylation sites (N-methyl/N-ethyl adjacent to an activating group) is 1. The van der Waals surface area contributed by atoms with Gasteiger partial charge in [-0.15, -0.1) is 0 Å². The minimum atomic E-state index is 0.141. The Balaban J connectivity index is 1.62. The van der Waals surface area contributed by atoms with Gasteiger partial charge in [-0.05, 0) is 58.2 Å². The van der Waals surface area contributed by atoms with Gasteiger partial charge in [0, 0.05) is 19.1 Å². The molecule has 1 atom stereocenters. The number of nitrogens with zero attached hydrogens (tertiary/aromatic N) is 2. The summed E-state index contributed by atoms with van der Waals surface area (Å²) in [7, 11) is 4.17. The molecule has 0 saturated heterocycles. The number of urea groups is 1. The molecule has 2 saturated carbocycles. The van der Waals surface area contributed by atoms with Crippen molar-refractivity contribution in [2.75, 3.05) is 27.2 Å². The number of carbonyl (C=O) groups is 1. The number of amides is 2. The van der Waals surface area contributed by atoms with E-state index in [0.29, 0.717) is 12.6 Å². The Morgan fingerprint density at radius 1 is 1.08 bits per heavy atom. The summed E-state index contributed by atoms with van der Waals surface area (Å²) in [5.41, 5.74) is 2.52. The Hall–Kier alpha value is -1.55. The molecule has 0 aliphatic heterocycles. The first-order valence-corrected chi connectivity index (χ1v) is 10.3. The fourth-order valence-electron chi connectivity index (χ4n) is 4.04. The van der Waals surface area contributed by atoms with Crippen molar-refractivity contribution in [3.63, 3.8) is 0 Å². The maximum atomic E-state index is 13.0. The van der Waals surface area contributed by atoms with Crippen molar-refractivity contribution in [1.82, 2.24) is 15.1 Å². The number of nitrogens with one attached hydrogen (secondary N) is 1. The van der Waals surface area contributed by atoms with Crippen LogP contribution in [0.2, 0.25) is 0 Å². The van der Waals surface area contributed by atoms with Crippen LogP contribution in [0.15, 0.2) is 24.3 Å². The van der Waals surface area contributed by atoms with Crippen LogP contribution in [0.4, 0.5) is 4.79 Å². The Labute approximate surface area is 158 Å². The summed E-state index contributed by atoms with van der Waals surface area (Å²) in [6.45, 7) is 3.71. The van der Waals surface area contributed by atoms with Gasteiger partial charge < -0.3 is 15.1 Å². The number of benzene rings is 1. The van der Waals surface area contributed by atoms with Crippen molar-refractivity contribution in [1.29, 1.82) is 0 Å². The van der Waals surface area contributed by atoms with E-state index in [-0.39, 0.29) is 12.1 Å². The molecule has 0 radical (unpaired) electrons. The highest BCUT2D eigenvalue weighted by Crippen LogP contribution is 2.32. The van der Waals surface area contributed by atoms with E-state index >= 15 is 0 Å². The zero-order valence-corrected chi connectivity index (χ0v) is 16.7. The van der Waals surface area contributed by atoms with Crippen molar-refractivity contribution >= 4 is 6.03 Å². The highest BCUT2D eigenvalue weighted by Gasteiger charge is 2.32. The molecule has 144 valence electrons. The van der Waals surface area contributed by atoms with Crippen molar-refractivity contribution in [3.05, 3.63) is 35.4 Å². The van der Waals surface area contributed by atoms with Gasteiger partial charge in [0.05, 0.1) is 6.04 Å². The minimum Gasteiger partial charge on any atom is -0.336 e. The zero-order chi connectivity index (χ0) is 18.5. The van der Waals surface area contributed by atoms with E-state index in [1.54, 1.807) is 0 Å². The summed E-state index contributed by atoms with van der Waals surface area (Å²) in [6.07, 6.45) is 8.79. The summed E-state index contributed by atoms with van der Waals surface area (Å²) in [4.78, 5) is 17.4. The number of rotatable bonds is 7. The van der Waals surface area contributed by atoms with Crippen molar-refractivity contribution in [2.24, 2.45) is 5.92 Å². The van der Waals surface area contributed by atoms with Gasteiger partial charge in [-0.3, -0.25) is 0 Å². The molecule has 2 amide bonds. The third-order valence-electron chi connectivity index (χ3n) is 5.96. The summed E-state index contributed by atoms with van der Waals surface area (Å²) in [6, 6.07) is 9.44. The van der Waals surface area contributed by atoms with Gasteiger partial charge in [0.2, 0.25) is 0 Å². The molecular weight excluding hydrogens is 322 g/mol. The molecule has 2 aliphatic carbocycles. The molecule has 1 aromatic rings. The molecule has 2 fully saturated rings. The lowest BCUT2D eigenvalue weighted by Crippen LogP contribution is -2.49. The smallest absolute Gasteiger partial charge is 0.317 e. The van der Waals surface area contributed by atoms with Gasteiger partial charge in [-0.25, -0.2) is 4.79 Å². The Bertz CT molecular complexity index is 574. The second-order valence-corrected chi connectivity index (χ2v) is 8.46. The standard InChI is InChI=1S/C22H35N3O/c1-17-9-13-19(14-10-17)21(24(2)3)15-23-22(26)25(16-18-11-12-18)20-7-5-4-6-8-20/h9-10,13-14,18,20-21H,4-8,11-12,15-16H2,1-3H3,(H,23,26). The second kappa shape index (κ2) is 8.90. The molecule has 0 bridgehead atoms. The molecule has 26 heavy (non-hydrogen) atoms. The largest absolute Gasteiger partial charge is 0.336 e. The average molecular weight is 358 g/mol.